The summed E-state index contributed by atoms with van der Waals surface area (Å²) in [6, 6.07) is 4.13. The third kappa shape index (κ3) is 4.86. The Morgan fingerprint density at radius 2 is 2.12 bits per heavy atom. The maximum Gasteiger partial charge on any atom is 0.362 e. The normalized spacial score (nSPS) is 10.4. The van der Waals surface area contributed by atoms with Crippen LogP contribution in [-0.4, -0.2) is 39.9 Å². The molecule has 0 atom stereocenters. The average molecular weight is 385 g/mol. The molecule has 25 heavy (non-hydrogen) atoms. The van der Waals surface area contributed by atoms with Crippen LogP contribution < -0.4 is 5.32 Å². The number of nitrogens with one attached hydrogen (secondary N) is 1. The van der Waals surface area contributed by atoms with E-state index in [4.69, 9.17) is 16.3 Å². The number of rotatable bonds is 6. The van der Waals surface area contributed by atoms with Crippen LogP contribution in [0.1, 0.15) is 23.0 Å². The van der Waals surface area contributed by atoms with Crippen LogP contribution >= 0.6 is 23.4 Å². The van der Waals surface area contributed by atoms with Crippen LogP contribution in [0.5, 0.6) is 0 Å². The summed E-state index contributed by atoms with van der Waals surface area (Å²) in [5, 5.41) is 10.3. The van der Waals surface area contributed by atoms with E-state index in [2.05, 4.69) is 20.5 Å². The lowest BCUT2D eigenvalue weighted by Gasteiger charge is -2.10. The number of ether oxygens (including phenoxy) is 1. The van der Waals surface area contributed by atoms with Crippen molar-refractivity contribution >= 4 is 41.1 Å². The molecule has 0 fully saturated rings. The van der Waals surface area contributed by atoms with E-state index in [1.54, 1.807) is 13.2 Å². The number of hydrogen-bond donors (Lipinski definition) is 1. The number of carbonyl (C=O) groups is 2. The second-order valence-corrected chi connectivity index (χ2v) is 5.82. The van der Waals surface area contributed by atoms with Crippen molar-refractivity contribution in [2.75, 3.05) is 18.2 Å². The molecule has 1 N–H and O–H groups in total. The third-order valence-corrected chi connectivity index (χ3v) is 3.87. The zero-order valence-corrected chi connectivity index (χ0v) is 14.9. The minimum atomic E-state index is -0.769. The standard InChI is InChI=1S/C15H14ClFN4O3S/c1-3-24-14(23)12-13(19-15(25-2)21-20-12)18-11(22)7-8-9(16)5-4-6-10(8)17/h4-6H,3,7H2,1-2H3,(H,18,19,21,22). The van der Waals surface area contributed by atoms with Gasteiger partial charge in [0.05, 0.1) is 13.0 Å². The highest BCUT2D eigenvalue weighted by molar-refractivity contribution is 7.98. The molecule has 0 bridgehead atoms. The fourth-order valence-corrected chi connectivity index (χ4v) is 2.39. The van der Waals surface area contributed by atoms with Gasteiger partial charge in [0, 0.05) is 10.6 Å². The number of carbonyl (C=O) groups excluding carboxylic acids is 2. The third-order valence-electron chi connectivity index (χ3n) is 2.98. The molecule has 0 aliphatic heterocycles. The SMILES string of the molecule is CCOC(=O)c1nnc(SC)nc1NC(=O)Cc1c(F)cccc1Cl. The predicted octanol–water partition coefficient (Wildman–Crippen LogP) is 2.74. The van der Waals surface area contributed by atoms with Crippen LogP contribution in [0.25, 0.3) is 0 Å². The van der Waals surface area contributed by atoms with Crippen molar-refractivity contribution in [3.63, 3.8) is 0 Å². The number of aromatic nitrogens is 3. The van der Waals surface area contributed by atoms with Crippen LogP contribution in [0.4, 0.5) is 10.2 Å². The van der Waals surface area contributed by atoms with Gasteiger partial charge in [-0.15, -0.1) is 10.2 Å². The number of nitrogens with zero attached hydrogens (tertiary/aromatic N) is 3. The predicted molar refractivity (Wildman–Crippen MR) is 91.3 cm³/mol. The van der Waals surface area contributed by atoms with Gasteiger partial charge in [0.1, 0.15) is 5.82 Å². The van der Waals surface area contributed by atoms with Crippen LogP contribution in [0, 0.1) is 5.82 Å². The summed E-state index contributed by atoms with van der Waals surface area (Å²) >= 11 is 7.10. The molecule has 0 saturated carbocycles. The molecule has 0 aliphatic carbocycles. The van der Waals surface area contributed by atoms with Crippen LogP contribution in [0.2, 0.25) is 5.02 Å². The first-order valence-electron chi connectivity index (χ1n) is 7.14. The van der Waals surface area contributed by atoms with E-state index in [0.29, 0.717) is 0 Å². The smallest absolute Gasteiger partial charge is 0.362 e. The molecule has 0 radical (unpaired) electrons. The van der Waals surface area contributed by atoms with Gasteiger partial charge in [-0.1, -0.05) is 29.4 Å². The van der Waals surface area contributed by atoms with E-state index in [9.17, 15) is 14.0 Å². The maximum absolute atomic E-state index is 13.8. The highest BCUT2D eigenvalue weighted by atomic mass is 35.5. The lowest BCUT2D eigenvalue weighted by atomic mass is 10.1. The van der Waals surface area contributed by atoms with Crippen molar-refractivity contribution in [2.45, 2.75) is 18.5 Å². The van der Waals surface area contributed by atoms with Gasteiger partial charge in [-0.2, -0.15) is 0 Å². The highest BCUT2D eigenvalue weighted by Crippen LogP contribution is 2.21. The average Bonchev–Trinajstić information content (AvgIpc) is 2.58. The van der Waals surface area contributed by atoms with Crippen LogP contribution in [0.15, 0.2) is 23.4 Å². The molecule has 1 aromatic carbocycles. The Hall–Kier alpha value is -2.26. The lowest BCUT2D eigenvalue weighted by molar-refractivity contribution is -0.115. The van der Waals surface area contributed by atoms with Crippen LogP contribution in [-0.2, 0) is 16.0 Å². The largest absolute Gasteiger partial charge is 0.461 e. The van der Waals surface area contributed by atoms with Crippen molar-refractivity contribution in [2.24, 2.45) is 0 Å². The van der Waals surface area contributed by atoms with Gasteiger partial charge in [-0.3, -0.25) is 4.79 Å². The molecular weight excluding hydrogens is 371 g/mol. The molecule has 0 aliphatic rings. The Balaban J connectivity index is 2.25. The Bertz CT molecular complexity index is 786. The molecule has 0 unspecified atom stereocenters. The molecule has 2 rings (SSSR count). The molecule has 132 valence electrons. The molecular formula is C15H14ClFN4O3S. The number of benzene rings is 1. The Labute approximate surface area is 152 Å². The fourth-order valence-electron chi connectivity index (χ4n) is 1.86. The van der Waals surface area contributed by atoms with Gasteiger partial charge < -0.3 is 10.1 Å². The Morgan fingerprint density at radius 1 is 1.36 bits per heavy atom. The summed E-state index contributed by atoms with van der Waals surface area (Å²) < 4.78 is 18.7. The van der Waals surface area contributed by atoms with Crippen LogP contribution in [0.3, 0.4) is 0 Å². The summed E-state index contributed by atoms with van der Waals surface area (Å²) in [4.78, 5) is 28.2. The summed E-state index contributed by atoms with van der Waals surface area (Å²) in [6.45, 7) is 1.76. The zero-order chi connectivity index (χ0) is 18.4. The number of thioether (sulfide) groups is 1. The van der Waals surface area contributed by atoms with E-state index in [0.717, 1.165) is 0 Å². The first-order chi connectivity index (χ1) is 12.0. The van der Waals surface area contributed by atoms with Gasteiger partial charge >= 0.3 is 5.97 Å². The second-order valence-electron chi connectivity index (χ2n) is 4.64. The van der Waals surface area contributed by atoms with Gasteiger partial charge in [0.25, 0.3) is 0 Å². The van der Waals surface area contributed by atoms with Gasteiger partial charge in [-0.25, -0.2) is 14.2 Å². The van der Waals surface area contributed by atoms with Crippen molar-refractivity contribution in [3.8, 4) is 0 Å². The number of esters is 1. The Morgan fingerprint density at radius 3 is 2.76 bits per heavy atom. The van der Waals surface area contributed by atoms with Crippen molar-refractivity contribution in [3.05, 3.63) is 40.3 Å². The van der Waals surface area contributed by atoms with Gasteiger partial charge in [-0.05, 0) is 25.3 Å². The molecule has 1 aromatic heterocycles. The van der Waals surface area contributed by atoms with Gasteiger partial charge in [0.15, 0.2) is 5.82 Å². The van der Waals surface area contributed by atoms with Crippen molar-refractivity contribution in [1.82, 2.24) is 15.2 Å². The first-order valence-corrected chi connectivity index (χ1v) is 8.75. The second kappa shape index (κ2) is 8.72. The van der Waals surface area contributed by atoms with Crippen molar-refractivity contribution in [1.29, 1.82) is 0 Å². The highest BCUT2D eigenvalue weighted by Gasteiger charge is 2.21. The lowest BCUT2D eigenvalue weighted by Crippen LogP contribution is -2.21. The van der Waals surface area contributed by atoms with E-state index >= 15 is 0 Å². The van der Waals surface area contributed by atoms with Gasteiger partial charge in [0.2, 0.25) is 16.8 Å². The number of amides is 1. The maximum atomic E-state index is 13.8. The number of hydrogen-bond acceptors (Lipinski definition) is 7. The summed E-state index contributed by atoms with van der Waals surface area (Å²) in [5.41, 5.74) is -0.181. The molecule has 7 nitrogen and oxygen atoms in total. The molecule has 0 saturated heterocycles. The first kappa shape index (κ1) is 19.1. The minimum absolute atomic E-state index is 0.0476. The van der Waals surface area contributed by atoms with E-state index in [1.165, 1.54) is 30.0 Å². The van der Waals surface area contributed by atoms with E-state index in [-0.39, 0.29) is 40.3 Å². The molecule has 0 spiro atoms. The number of halogens is 2. The molecule has 2 aromatic rings. The molecule has 1 heterocycles. The van der Waals surface area contributed by atoms with Crippen molar-refractivity contribution < 1.29 is 18.7 Å². The minimum Gasteiger partial charge on any atom is -0.461 e. The molecule has 1 amide bonds. The quantitative estimate of drug-likeness (QED) is 0.604. The monoisotopic (exact) mass is 384 g/mol. The molecule has 10 heteroatoms. The topological polar surface area (TPSA) is 94.1 Å². The summed E-state index contributed by atoms with van der Waals surface area (Å²) in [6.07, 6.45) is 1.39. The fraction of sp³-hybridized carbons (Fsp3) is 0.267. The summed E-state index contributed by atoms with van der Waals surface area (Å²) in [7, 11) is 0. The van der Waals surface area contributed by atoms with E-state index in [1.807, 2.05) is 0 Å². The zero-order valence-electron chi connectivity index (χ0n) is 13.4. The number of anilines is 1. The summed E-state index contributed by atoms with van der Waals surface area (Å²) in [5.74, 6) is -2.08. The van der Waals surface area contributed by atoms with E-state index < -0.39 is 17.7 Å². The Kier molecular flexibility index (Phi) is 6.65.